The van der Waals surface area contributed by atoms with E-state index in [0.29, 0.717) is 6.42 Å². The van der Waals surface area contributed by atoms with Crippen LogP contribution in [0.4, 0.5) is 0 Å². The third-order valence-corrected chi connectivity index (χ3v) is 0.316. The minimum atomic E-state index is 0. The molecule has 0 saturated heterocycles. The van der Waals surface area contributed by atoms with Gasteiger partial charge in [0.15, 0.2) is 0 Å². The van der Waals surface area contributed by atoms with E-state index in [1.54, 1.807) is 0 Å². The van der Waals surface area contributed by atoms with E-state index >= 15 is 0 Å². The fourth-order valence-electron chi connectivity index (χ4n) is 0.0707. The topological polar surface area (TPSA) is 40.5 Å². The second kappa shape index (κ2) is 15.7. The first kappa shape index (κ1) is 15.8. The summed E-state index contributed by atoms with van der Waals surface area (Å²) in [4.78, 5) is 0. The smallest absolute Gasteiger partial charge is 0.0452 e. The molecule has 7 heavy (non-hydrogen) atoms. The molecular formula is C3H8O2Ti2. The van der Waals surface area contributed by atoms with Crippen molar-refractivity contribution in [3.05, 3.63) is 0 Å². The van der Waals surface area contributed by atoms with Crippen LogP contribution in [-0.2, 0) is 43.4 Å². The van der Waals surface area contributed by atoms with Gasteiger partial charge >= 0.3 is 0 Å². The average molecular weight is 172 g/mol. The molecule has 0 rings (SSSR count). The molecule has 0 radical (unpaired) electrons. The van der Waals surface area contributed by atoms with Crippen molar-refractivity contribution in [1.29, 1.82) is 0 Å². The Kier molecular flexibility index (Phi) is 35.3. The van der Waals surface area contributed by atoms with Crippen LogP contribution in [0.25, 0.3) is 0 Å². The van der Waals surface area contributed by atoms with E-state index in [1.165, 1.54) is 0 Å². The SMILES string of the molecule is OCCCO.[Ti].[Ti]. The summed E-state index contributed by atoms with van der Waals surface area (Å²) in [6, 6.07) is 0. The van der Waals surface area contributed by atoms with Gasteiger partial charge in [0.2, 0.25) is 0 Å². The van der Waals surface area contributed by atoms with Crippen molar-refractivity contribution in [2.75, 3.05) is 13.2 Å². The monoisotopic (exact) mass is 172 g/mol. The van der Waals surface area contributed by atoms with Gasteiger partial charge in [-0.15, -0.1) is 0 Å². The maximum atomic E-state index is 7.91. The van der Waals surface area contributed by atoms with Gasteiger partial charge in [0.1, 0.15) is 0 Å². The summed E-state index contributed by atoms with van der Waals surface area (Å²) >= 11 is 0. The van der Waals surface area contributed by atoms with Crippen LogP contribution in [0.3, 0.4) is 0 Å². The largest absolute Gasteiger partial charge is 0.396 e. The van der Waals surface area contributed by atoms with Gasteiger partial charge in [0, 0.05) is 56.6 Å². The van der Waals surface area contributed by atoms with Gasteiger partial charge in [-0.2, -0.15) is 0 Å². The Labute approximate surface area is 73.1 Å². The summed E-state index contributed by atoms with van der Waals surface area (Å²) in [5, 5.41) is 15.8. The first-order valence-corrected chi connectivity index (χ1v) is 1.63. The molecule has 0 bridgehead atoms. The molecule has 0 fully saturated rings. The molecule has 0 amide bonds. The second-order valence-corrected chi connectivity index (χ2v) is 0.801. The first-order valence-electron chi connectivity index (χ1n) is 1.63. The number of rotatable bonds is 2. The molecule has 0 aliphatic heterocycles. The fraction of sp³-hybridized carbons (Fsp3) is 1.00. The van der Waals surface area contributed by atoms with Gasteiger partial charge in [-0.3, -0.25) is 0 Å². The van der Waals surface area contributed by atoms with Crippen LogP contribution >= 0.6 is 0 Å². The van der Waals surface area contributed by atoms with Gasteiger partial charge in [0.25, 0.3) is 0 Å². The van der Waals surface area contributed by atoms with Gasteiger partial charge < -0.3 is 10.2 Å². The van der Waals surface area contributed by atoms with Crippen molar-refractivity contribution in [3.8, 4) is 0 Å². The van der Waals surface area contributed by atoms with Crippen molar-refractivity contribution in [1.82, 2.24) is 0 Å². The predicted molar refractivity (Wildman–Crippen MR) is 18.8 cm³/mol. The van der Waals surface area contributed by atoms with Crippen LogP contribution in [0.5, 0.6) is 0 Å². The van der Waals surface area contributed by atoms with E-state index in [1.807, 2.05) is 0 Å². The Balaban J connectivity index is -0.0000000800. The maximum absolute atomic E-state index is 7.91. The predicted octanol–water partition coefficient (Wildman–Crippen LogP) is -0.644. The molecule has 0 aromatic rings. The van der Waals surface area contributed by atoms with E-state index in [0.717, 1.165) is 0 Å². The molecule has 2 nitrogen and oxygen atoms in total. The number of aliphatic hydroxyl groups excluding tert-OH is 2. The summed E-state index contributed by atoms with van der Waals surface area (Å²) in [7, 11) is 0. The third kappa shape index (κ3) is 18.7. The van der Waals surface area contributed by atoms with E-state index in [2.05, 4.69) is 0 Å². The molecule has 0 aliphatic rings. The van der Waals surface area contributed by atoms with Crippen molar-refractivity contribution >= 4 is 0 Å². The molecule has 0 spiro atoms. The van der Waals surface area contributed by atoms with Gasteiger partial charge in [0.05, 0.1) is 0 Å². The zero-order valence-electron chi connectivity index (χ0n) is 4.02. The molecule has 0 aromatic carbocycles. The van der Waals surface area contributed by atoms with Crippen LogP contribution in [0.15, 0.2) is 0 Å². The molecule has 2 N–H and O–H groups in total. The summed E-state index contributed by atoms with van der Waals surface area (Å²) < 4.78 is 0. The van der Waals surface area contributed by atoms with Crippen molar-refractivity contribution in [3.63, 3.8) is 0 Å². The molecular weight excluding hydrogens is 164 g/mol. The quantitative estimate of drug-likeness (QED) is 0.543. The van der Waals surface area contributed by atoms with Gasteiger partial charge in [-0.05, 0) is 6.42 Å². The average Bonchev–Trinajstić information content (AvgIpc) is 1.41. The summed E-state index contributed by atoms with van der Waals surface area (Å²) in [5.41, 5.74) is 0. The van der Waals surface area contributed by atoms with Crippen molar-refractivity contribution < 1.29 is 53.6 Å². The van der Waals surface area contributed by atoms with Crippen LogP contribution in [-0.4, -0.2) is 23.4 Å². The van der Waals surface area contributed by atoms with Crippen molar-refractivity contribution in [2.24, 2.45) is 0 Å². The third-order valence-electron chi connectivity index (χ3n) is 0.316. The number of hydrogen-bond acceptors (Lipinski definition) is 2. The van der Waals surface area contributed by atoms with Crippen LogP contribution in [0, 0.1) is 0 Å². The van der Waals surface area contributed by atoms with Gasteiger partial charge in [-0.1, -0.05) is 0 Å². The molecule has 0 saturated carbocycles. The molecule has 40 valence electrons. The van der Waals surface area contributed by atoms with Crippen LogP contribution < -0.4 is 0 Å². The first-order chi connectivity index (χ1) is 2.41. The number of hydrogen-bond donors (Lipinski definition) is 2. The molecule has 0 heterocycles. The molecule has 0 atom stereocenters. The normalized spacial score (nSPS) is 6.00. The molecule has 0 unspecified atom stereocenters. The van der Waals surface area contributed by atoms with E-state index < -0.39 is 0 Å². The van der Waals surface area contributed by atoms with E-state index in [9.17, 15) is 0 Å². The summed E-state index contributed by atoms with van der Waals surface area (Å²) in [6.45, 7) is 0.188. The van der Waals surface area contributed by atoms with Crippen LogP contribution in [0.1, 0.15) is 6.42 Å². The molecule has 0 aliphatic carbocycles. The zero-order valence-corrected chi connectivity index (χ0v) is 7.14. The fourth-order valence-corrected chi connectivity index (χ4v) is 0.0707. The minimum absolute atomic E-state index is 0. The second-order valence-electron chi connectivity index (χ2n) is 0.801. The molecule has 0 aromatic heterocycles. The number of aliphatic hydroxyl groups is 2. The standard InChI is InChI=1S/C3H8O2.2Ti/c4-2-1-3-5;;/h4-5H,1-3H2;;. The zero-order chi connectivity index (χ0) is 4.12. The molecule has 4 heteroatoms. The Morgan fingerprint density at radius 2 is 1.14 bits per heavy atom. The Morgan fingerprint density at radius 1 is 0.857 bits per heavy atom. The van der Waals surface area contributed by atoms with Crippen LogP contribution in [0.2, 0.25) is 0 Å². The van der Waals surface area contributed by atoms with E-state index in [-0.39, 0.29) is 56.6 Å². The van der Waals surface area contributed by atoms with Crippen molar-refractivity contribution in [2.45, 2.75) is 6.42 Å². The maximum Gasteiger partial charge on any atom is 0.0452 e. The Bertz CT molecular complexity index is 18.4. The minimum Gasteiger partial charge on any atom is -0.396 e. The van der Waals surface area contributed by atoms with E-state index in [4.69, 9.17) is 10.2 Å². The Hall–Kier alpha value is 1.35. The summed E-state index contributed by atoms with van der Waals surface area (Å²) in [5.74, 6) is 0. The van der Waals surface area contributed by atoms with Gasteiger partial charge in [-0.25, -0.2) is 0 Å². The Morgan fingerprint density at radius 3 is 1.14 bits per heavy atom. The summed E-state index contributed by atoms with van der Waals surface area (Å²) in [6.07, 6.45) is 0.500.